The Morgan fingerprint density at radius 2 is 1.91 bits per heavy atom. The SMILES string of the molecule is CCC=C(CN1CCC(C)(C(=O)NC)CC1)c1ccccc1. The largest absolute Gasteiger partial charge is 0.359 e. The summed E-state index contributed by atoms with van der Waals surface area (Å²) < 4.78 is 0. The zero-order valence-electron chi connectivity index (χ0n) is 14.1. The third-order valence-corrected chi connectivity index (χ3v) is 4.72. The number of rotatable bonds is 5. The molecule has 1 aromatic carbocycles. The van der Waals surface area contributed by atoms with Gasteiger partial charge in [0.15, 0.2) is 0 Å². The van der Waals surface area contributed by atoms with Gasteiger partial charge in [-0.3, -0.25) is 9.69 Å². The minimum atomic E-state index is -0.202. The van der Waals surface area contributed by atoms with Gasteiger partial charge in [-0.25, -0.2) is 0 Å². The van der Waals surface area contributed by atoms with E-state index in [2.05, 4.69) is 60.5 Å². The van der Waals surface area contributed by atoms with Crippen molar-refractivity contribution in [2.75, 3.05) is 26.7 Å². The number of carbonyl (C=O) groups excluding carboxylic acids is 1. The zero-order chi connectivity index (χ0) is 16.0. The lowest BCUT2D eigenvalue weighted by molar-refractivity contribution is -0.132. The van der Waals surface area contributed by atoms with Crippen molar-refractivity contribution >= 4 is 11.5 Å². The number of allylic oxidation sites excluding steroid dienone is 1. The molecular formula is C19H28N2O. The minimum Gasteiger partial charge on any atom is -0.359 e. The second kappa shape index (κ2) is 7.59. The molecule has 1 saturated heterocycles. The molecular weight excluding hydrogens is 272 g/mol. The van der Waals surface area contributed by atoms with Gasteiger partial charge in [-0.1, -0.05) is 50.3 Å². The molecule has 3 nitrogen and oxygen atoms in total. The summed E-state index contributed by atoms with van der Waals surface area (Å²) in [5, 5.41) is 2.81. The highest BCUT2D eigenvalue weighted by Gasteiger charge is 2.36. The number of nitrogens with one attached hydrogen (secondary N) is 1. The highest BCUT2D eigenvalue weighted by atomic mass is 16.2. The van der Waals surface area contributed by atoms with Crippen LogP contribution in [0.5, 0.6) is 0 Å². The Labute approximate surface area is 134 Å². The molecule has 120 valence electrons. The molecule has 0 aliphatic carbocycles. The highest BCUT2D eigenvalue weighted by molar-refractivity contribution is 5.82. The highest BCUT2D eigenvalue weighted by Crippen LogP contribution is 2.32. The van der Waals surface area contributed by atoms with Gasteiger partial charge in [0.1, 0.15) is 0 Å². The fourth-order valence-corrected chi connectivity index (χ4v) is 3.15. The van der Waals surface area contributed by atoms with Crippen molar-refractivity contribution in [2.24, 2.45) is 5.41 Å². The lowest BCUT2D eigenvalue weighted by Crippen LogP contribution is -2.46. The van der Waals surface area contributed by atoms with Crippen molar-refractivity contribution < 1.29 is 4.79 Å². The molecule has 0 saturated carbocycles. The fraction of sp³-hybridized carbons (Fsp3) is 0.526. The van der Waals surface area contributed by atoms with E-state index in [0.29, 0.717) is 0 Å². The maximum atomic E-state index is 12.0. The van der Waals surface area contributed by atoms with E-state index in [9.17, 15) is 4.79 Å². The van der Waals surface area contributed by atoms with Gasteiger partial charge in [0.05, 0.1) is 0 Å². The Morgan fingerprint density at radius 1 is 1.27 bits per heavy atom. The first-order chi connectivity index (χ1) is 10.6. The van der Waals surface area contributed by atoms with Crippen LogP contribution in [0.2, 0.25) is 0 Å². The van der Waals surface area contributed by atoms with Gasteiger partial charge in [0.2, 0.25) is 5.91 Å². The summed E-state index contributed by atoms with van der Waals surface area (Å²) in [5.41, 5.74) is 2.50. The number of carbonyl (C=O) groups is 1. The summed E-state index contributed by atoms with van der Waals surface area (Å²) in [6, 6.07) is 10.6. The number of hydrogen-bond acceptors (Lipinski definition) is 2. The van der Waals surface area contributed by atoms with Crippen LogP contribution >= 0.6 is 0 Å². The van der Waals surface area contributed by atoms with Gasteiger partial charge in [-0.2, -0.15) is 0 Å². The van der Waals surface area contributed by atoms with Crippen molar-refractivity contribution in [3.63, 3.8) is 0 Å². The minimum absolute atomic E-state index is 0.180. The number of benzene rings is 1. The van der Waals surface area contributed by atoms with Crippen LogP contribution in [0.25, 0.3) is 5.57 Å². The second-order valence-electron chi connectivity index (χ2n) is 6.42. The number of hydrogen-bond donors (Lipinski definition) is 1. The van der Waals surface area contributed by atoms with Crippen molar-refractivity contribution in [3.8, 4) is 0 Å². The summed E-state index contributed by atoms with van der Waals surface area (Å²) >= 11 is 0. The third-order valence-electron chi connectivity index (χ3n) is 4.72. The normalized spacial score (nSPS) is 19.0. The Morgan fingerprint density at radius 3 is 2.45 bits per heavy atom. The molecule has 1 aromatic rings. The average molecular weight is 300 g/mol. The van der Waals surface area contributed by atoms with E-state index < -0.39 is 0 Å². The molecule has 1 aliphatic rings. The third kappa shape index (κ3) is 3.98. The van der Waals surface area contributed by atoms with Gasteiger partial charge >= 0.3 is 0 Å². The Kier molecular flexibility index (Phi) is 5.78. The topological polar surface area (TPSA) is 32.3 Å². The van der Waals surface area contributed by atoms with E-state index in [4.69, 9.17) is 0 Å². The predicted molar refractivity (Wildman–Crippen MR) is 92.6 cm³/mol. The van der Waals surface area contributed by atoms with Crippen LogP contribution in [-0.4, -0.2) is 37.5 Å². The molecule has 0 bridgehead atoms. The Bertz CT molecular complexity index is 513. The maximum absolute atomic E-state index is 12.0. The number of nitrogens with zero attached hydrogens (tertiary/aromatic N) is 1. The van der Waals surface area contributed by atoms with Gasteiger partial charge in [-0.05, 0) is 43.5 Å². The molecule has 2 rings (SSSR count). The standard InChI is InChI=1S/C19H28N2O/c1-4-8-17(16-9-6-5-7-10-16)15-21-13-11-19(2,12-14-21)18(22)20-3/h5-10H,4,11-15H2,1-3H3,(H,20,22). The molecule has 22 heavy (non-hydrogen) atoms. The first-order valence-electron chi connectivity index (χ1n) is 8.28. The number of likely N-dealkylation sites (tertiary alicyclic amines) is 1. The molecule has 1 fully saturated rings. The molecule has 1 N–H and O–H groups in total. The quantitative estimate of drug-likeness (QED) is 0.904. The van der Waals surface area contributed by atoms with Crippen LogP contribution in [0, 0.1) is 5.41 Å². The molecule has 0 spiro atoms. The first-order valence-corrected chi connectivity index (χ1v) is 8.28. The van der Waals surface area contributed by atoms with Crippen molar-refractivity contribution in [1.82, 2.24) is 10.2 Å². The van der Waals surface area contributed by atoms with Crippen LogP contribution in [0.15, 0.2) is 36.4 Å². The van der Waals surface area contributed by atoms with E-state index in [-0.39, 0.29) is 11.3 Å². The fourth-order valence-electron chi connectivity index (χ4n) is 3.15. The smallest absolute Gasteiger partial charge is 0.225 e. The molecule has 0 aromatic heterocycles. The lowest BCUT2D eigenvalue weighted by Gasteiger charge is -2.38. The average Bonchev–Trinajstić information content (AvgIpc) is 2.56. The van der Waals surface area contributed by atoms with Crippen molar-refractivity contribution in [3.05, 3.63) is 42.0 Å². The van der Waals surface area contributed by atoms with Crippen LogP contribution in [-0.2, 0) is 4.79 Å². The lowest BCUT2D eigenvalue weighted by atomic mass is 9.79. The van der Waals surface area contributed by atoms with E-state index >= 15 is 0 Å². The summed E-state index contributed by atoms with van der Waals surface area (Å²) in [6.45, 7) is 7.21. The van der Waals surface area contributed by atoms with E-state index in [0.717, 1.165) is 38.9 Å². The maximum Gasteiger partial charge on any atom is 0.225 e. The first kappa shape index (κ1) is 16.8. The summed E-state index contributed by atoms with van der Waals surface area (Å²) in [6.07, 6.45) is 5.23. The van der Waals surface area contributed by atoms with Crippen molar-refractivity contribution in [2.45, 2.75) is 33.1 Å². The van der Waals surface area contributed by atoms with E-state index in [1.54, 1.807) is 7.05 Å². The monoisotopic (exact) mass is 300 g/mol. The molecule has 1 heterocycles. The second-order valence-corrected chi connectivity index (χ2v) is 6.42. The summed E-state index contributed by atoms with van der Waals surface area (Å²) in [5.74, 6) is 0.180. The van der Waals surface area contributed by atoms with Gasteiger partial charge in [-0.15, -0.1) is 0 Å². The van der Waals surface area contributed by atoms with Crippen LogP contribution in [0.1, 0.15) is 38.7 Å². The van der Waals surface area contributed by atoms with Crippen LogP contribution < -0.4 is 5.32 Å². The Hall–Kier alpha value is -1.61. The summed E-state index contributed by atoms with van der Waals surface area (Å²) in [7, 11) is 1.73. The van der Waals surface area contributed by atoms with Crippen molar-refractivity contribution in [1.29, 1.82) is 0 Å². The molecule has 3 heteroatoms. The van der Waals surface area contributed by atoms with E-state index in [1.807, 2.05) is 0 Å². The van der Waals surface area contributed by atoms with Gasteiger partial charge in [0.25, 0.3) is 0 Å². The summed E-state index contributed by atoms with van der Waals surface area (Å²) in [4.78, 5) is 14.5. The number of piperidine rings is 1. The zero-order valence-corrected chi connectivity index (χ0v) is 14.1. The van der Waals surface area contributed by atoms with Crippen LogP contribution in [0.4, 0.5) is 0 Å². The Balaban J connectivity index is 1.99. The molecule has 1 aliphatic heterocycles. The molecule has 0 radical (unpaired) electrons. The molecule has 0 unspecified atom stereocenters. The predicted octanol–water partition coefficient (Wildman–Crippen LogP) is 3.33. The van der Waals surface area contributed by atoms with Crippen LogP contribution in [0.3, 0.4) is 0 Å². The number of amides is 1. The van der Waals surface area contributed by atoms with Gasteiger partial charge in [0, 0.05) is 19.0 Å². The van der Waals surface area contributed by atoms with Gasteiger partial charge < -0.3 is 5.32 Å². The molecule has 0 atom stereocenters. The molecule has 1 amide bonds. The van der Waals surface area contributed by atoms with E-state index in [1.165, 1.54) is 11.1 Å².